The zero-order valence-electron chi connectivity index (χ0n) is 5.87. The molecule has 0 aliphatic heterocycles. The van der Waals surface area contributed by atoms with E-state index in [2.05, 4.69) is 11.6 Å². The van der Waals surface area contributed by atoms with Crippen molar-refractivity contribution in [3.05, 3.63) is 30.6 Å². The van der Waals surface area contributed by atoms with Gasteiger partial charge in [0.15, 0.2) is 0 Å². The van der Waals surface area contributed by atoms with Gasteiger partial charge >= 0.3 is 0 Å². The molecule has 0 spiro atoms. The number of aromatic nitrogens is 1. The van der Waals surface area contributed by atoms with Crippen LogP contribution in [-0.4, -0.2) is 11.2 Å². The quantitative estimate of drug-likeness (QED) is 0.602. The highest BCUT2D eigenvalue weighted by Crippen LogP contribution is 2.12. The van der Waals surface area contributed by atoms with Gasteiger partial charge in [-0.1, -0.05) is 6.58 Å². The molecule has 1 aromatic rings. The van der Waals surface area contributed by atoms with Crippen molar-refractivity contribution in [2.45, 2.75) is 4.90 Å². The third-order valence-corrected chi connectivity index (χ3v) is 1.92. The highest BCUT2D eigenvalue weighted by molar-refractivity contribution is 7.98. The van der Waals surface area contributed by atoms with Gasteiger partial charge in [0.05, 0.1) is 5.69 Å². The lowest BCUT2D eigenvalue weighted by Crippen LogP contribution is -1.78. The Morgan fingerprint density at radius 2 is 2.40 bits per heavy atom. The molecular formula is C8H9NS. The maximum Gasteiger partial charge on any atom is 0.0624 e. The number of rotatable bonds is 2. The van der Waals surface area contributed by atoms with Gasteiger partial charge in [-0.25, -0.2) is 0 Å². The summed E-state index contributed by atoms with van der Waals surface area (Å²) >= 11 is 1.69. The summed E-state index contributed by atoms with van der Waals surface area (Å²) in [6.45, 7) is 3.62. The number of nitrogens with zero attached hydrogens (tertiary/aromatic N) is 1. The van der Waals surface area contributed by atoms with E-state index in [9.17, 15) is 0 Å². The predicted octanol–water partition coefficient (Wildman–Crippen LogP) is 2.45. The number of pyridine rings is 1. The highest BCUT2D eigenvalue weighted by atomic mass is 32.2. The third kappa shape index (κ3) is 1.61. The van der Waals surface area contributed by atoms with Crippen molar-refractivity contribution in [3.63, 3.8) is 0 Å². The summed E-state index contributed by atoms with van der Waals surface area (Å²) < 4.78 is 0. The van der Waals surface area contributed by atoms with Crippen LogP contribution in [0.2, 0.25) is 0 Å². The molecule has 0 saturated carbocycles. The van der Waals surface area contributed by atoms with Gasteiger partial charge in [0.1, 0.15) is 0 Å². The molecule has 0 bridgehead atoms. The Hall–Kier alpha value is -0.760. The molecule has 0 unspecified atom stereocenters. The zero-order valence-corrected chi connectivity index (χ0v) is 6.69. The van der Waals surface area contributed by atoms with E-state index >= 15 is 0 Å². The maximum atomic E-state index is 4.13. The average Bonchev–Trinajstić information content (AvgIpc) is 2.05. The van der Waals surface area contributed by atoms with Crippen molar-refractivity contribution < 1.29 is 0 Å². The summed E-state index contributed by atoms with van der Waals surface area (Å²) in [6.07, 6.45) is 5.62. The molecule has 1 aromatic heterocycles. The Morgan fingerprint density at radius 1 is 1.60 bits per heavy atom. The van der Waals surface area contributed by atoms with Crippen molar-refractivity contribution in [2.24, 2.45) is 0 Å². The maximum absolute atomic E-state index is 4.13. The second-order valence-corrected chi connectivity index (χ2v) is 2.71. The van der Waals surface area contributed by atoms with Crippen LogP contribution in [0.3, 0.4) is 0 Å². The Bertz CT molecular complexity index is 215. The minimum Gasteiger partial charge on any atom is -0.256 e. The first-order valence-corrected chi connectivity index (χ1v) is 4.22. The van der Waals surface area contributed by atoms with E-state index in [-0.39, 0.29) is 0 Å². The summed E-state index contributed by atoms with van der Waals surface area (Å²) in [4.78, 5) is 5.31. The molecule has 0 atom stereocenters. The number of hydrogen-bond acceptors (Lipinski definition) is 2. The molecule has 52 valence electrons. The molecule has 0 N–H and O–H groups in total. The van der Waals surface area contributed by atoms with Gasteiger partial charge in [-0.2, -0.15) is 0 Å². The van der Waals surface area contributed by atoms with Crippen LogP contribution in [0, 0.1) is 0 Å². The molecule has 2 heteroatoms. The molecule has 0 aliphatic carbocycles. The van der Waals surface area contributed by atoms with Gasteiger partial charge in [-0.15, -0.1) is 11.8 Å². The van der Waals surface area contributed by atoms with E-state index in [1.54, 1.807) is 17.8 Å². The molecule has 0 aliphatic rings. The van der Waals surface area contributed by atoms with Crippen molar-refractivity contribution in [1.29, 1.82) is 0 Å². The van der Waals surface area contributed by atoms with Crippen LogP contribution in [0.25, 0.3) is 6.08 Å². The topological polar surface area (TPSA) is 12.9 Å². The van der Waals surface area contributed by atoms with E-state index in [0.29, 0.717) is 0 Å². The fourth-order valence-electron chi connectivity index (χ4n) is 0.633. The molecular weight excluding hydrogens is 142 g/mol. The Balaban J connectivity index is 2.90. The summed E-state index contributed by atoms with van der Waals surface area (Å²) in [6, 6.07) is 3.99. The molecule has 0 aromatic carbocycles. The van der Waals surface area contributed by atoms with Gasteiger partial charge in [0, 0.05) is 11.1 Å². The Morgan fingerprint density at radius 3 is 2.80 bits per heavy atom. The SMILES string of the molecule is C=Cc1ccc(SC)cn1. The lowest BCUT2D eigenvalue weighted by Gasteiger charge is -1.94. The molecule has 10 heavy (non-hydrogen) atoms. The first-order valence-electron chi connectivity index (χ1n) is 2.99. The lowest BCUT2D eigenvalue weighted by molar-refractivity contribution is 1.22. The molecule has 1 rings (SSSR count). The first-order chi connectivity index (χ1) is 4.86. The van der Waals surface area contributed by atoms with Crippen LogP contribution in [0.4, 0.5) is 0 Å². The molecule has 0 amide bonds. The second kappa shape index (κ2) is 3.42. The fraction of sp³-hybridized carbons (Fsp3) is 0.125. The molecule has 0 fully saturated rings. The van der Waals surface area contributed by atoms with Crippen molar-refractivity contribution in [2.75, 3.05) is 6.26 Å². The van der Waals surface area contributed by atoms with Gasteiger partial charge < -0.3 is 0 Å². The molecule has 1 heterocycles. The van der Waals surface area contributed by atoms with Crippen LogP contribution in [0.5, 0.6) is 0 Å². The highest BCUT2D eigenvalue weighted by Gasteiger charge is 1.88. The summed E-state index contributed by atoms with van der Waals surface area (Å²) in [7, 11) is 0. The second-order valence-electron chi connectivity index (χ2n) is 1.83. The van der Waals surface area contributed by atoms with Gasteiger partial charge in [0.25, 0.3) is 0 Å². The van der Waals surface area contributed by atoms with Crippen LogP contribution in [-0.2, 0) is 0 Å². The fourth-order valence-corrected chi connectivity index (χ4v) is 0.995. The largest absolute Gasteiger partial charge is 0.256 e. The smallest absolute Gasteiger partial charge is 0.0624 e. The number of hydrogen-bond donors (Lipinski definition) is 0. The van der Waals surface area contributed by atoms with Crippen molar-refractivity contribution in [3.8, 4) is 0 Å². The Kier molecular flexibility index (Phi) is 2.51. The van der Waals surface area contributed by atoms with Gasteiger partial charge in [0.2, 0.25) is 0 Å². The standard InChI is InChI=1S/C8H9NS/c1-3-7-4-5-8(10-2)6-9-7/h3-6H,1H2,2H3. The summed E-state index contributed by atoms with van der Waals surface area (Å²) in [5, 5.41) is 0. The minimum atomic E-state index is 0.929. The third-order valence-electron chi connectivity index (χ3n) is 1.20. The minimum absolute atomic E-state index is 0.929. The normalized spacial score (nSPS) is 9.30. The van der Waals surface area contributed by atoms with Crippen LogP contribution < -0.4 is 0 Å². The predicted molar refractivity (Wildman–Crippen MR) is 46.1 cm³/mol. The van der Waals surface area contributed by atoms with Crippen LogP contribution >= 0.6 is 11.8 Å². The summed E-state index contributed by atoms with van der Waals surface area (Å²) in [5.41, 5.74) is 0.929. The number of thioether (sulfide) groups is 1. The van der Waals surface area contributed by atoms with Gasteiger partial charge in [-0.3, -0.25) is 4.98 Å². The van der Waals surface area contributed by atoms with E-state index in [0.717, 1.165) is 5.69 Å². The van der Waals surface area contributed by atoms with Crippen molar-refractivity contribution in [1.82, 2.24) is 4.98 Å². The van der Waals surface area contributed by atoms with Crippen LogP contribution in [0.15, 0.2) is 29.8 Å². The first kappa shape index (κ1) is 7.35. The van der Waals surface area contributed by atoms with Crippen molar-refractivity contribution >= 4 is 17.8 Å². The summed E-state index contributed by atoms with van der Waals surface area (Å²) in [5.74, 6) is 0. The molecule has 0 radical (unpaired) electrons. The van der Waals surface area contributed by atoms with E-state index < -0.39 is 0 Å². The molecule has 1 nitrogen and oxygen atoms in total. The van der Waals surface area contributed by atoms with E-state index in [1.807, 2.05) is 24.6 Å². The Labute approximate surface area is 65.2 Å². The zero-order chi connectivity index (χ0) is 7.40. The van der Waals surface area contributed by atoms with E-state index in [1.165, 1.54) is 4.90 Å². The average molecular weight is 151 g/mol. The van der Waals surface area contributed by atoms with Gasteiger partial charge in [-0.05, 0) is 24.5 Å². The van der Waals surface area contributed by atoms with Crippen LogP contribution in [0.1, 0.15) is 5.69 Å². The monoisotopic (exact) mass is 151 g/mol. The lowest BCUT2D eigenvalue weighted by atomic mass is 10.3. The van der Waals surface area contributed by atoms with E-state index in [4.69, 9.17) is 0 Å². The molecule has 0 saturated heterocycles.